The van der Waals surface area contributed by atoms with Gasteiger partial charge < -0.3 is 10.4 Å². The first-order valence-electron chi connectivity index (χ1n) is 6.93. The van der Waals surface area contributed by atoms with Crippen molar-refractivity contribution in [2.24, 2.45) is 0 Å². The fraction of sp³-hybridized carbons (Fsp3) is 0.500. The van der Waals surface area contributed by atoms with E-state index >= 15 is 0 Å². The Morgan fingerprint density at radius 3 is 2.72 bits per heavy atom. The Labute approximate surface area is 110 Å². The predicted octanol–water partition coefficient (Wildman–Crippen LogP) is 3.41. The van der Waals surface area contributed by atoms with Gasteiger partial charge in [-0.05, 0) is 56.7 Å². The van der Waals surface area contributed by atoms with Gasteiger partial charge in [-0.3, -0.25) is 0 Å². The summed E-state index contributed by atoms with van der Waals surface area (Å²) in [6.07, 6.45) is 10.4. The second-order valence-corrected chi connectivity index (χ2v) is 5.25. The third kappa shape index (κ3) is 4.19. The zero-order valence-corrected chi connectivity index (χ0v) is 11.1. The first-order chi connectivity index (χ1) is 8.74. The minimum atomic E-state index is 0.346. The van der Waals surface area contributed by atoms with Crippen LogP contribution in [0.5, 0.6) is 5.75 Å². The van der Waals surface area contributed by atoms with E-state index in [0.717, 1.165) is 12.8 Å². The highest BCUT2D eigenvalue weighted by Crippen LogP contribution is 2.14. The summed E-state index contributed by atoms with van der Waals surface area (Å²) in [5.41, 5.74) is 1.30. The lowest BCUT2D eigenvalue weighted by Gasteiger charge is -2.24. The van der Waals surface area contributed by atoms with Crippen LogP contribution in [0.3, 0.4) is 0 Å². The minimum Gasteiger partial charge on any atom is -0.508 e. The number of phenols is 1. The van der Waals surface area contributed by atoms with E-state index in [0.29, 0.717) is 17.8 Å². The monoisotopic (exact) mass is 245 g/mol. The normalized spacial score (nSPS) is 20.8. The molecule has 0 bridgehead atoms. The molecule has 1 aliphatic rings. The summed E-state index contributed by atoms with van der Waals surface area (Å²) in [4.78, 5) is 0. The molecule has 0 radical (unpaired) electrons. The minimum absolute atomic E-state index is 0.346. The smallest absolute Gasteiger partial charge is 0.115 e. The van der Waals surface area contributed by atoms with Crippen LogP contribution in [0.4, 0.5) is 0 Å². The average molecular weight is 245 g/mol. The predicted molar refractivity (Wildman–Crippen MR) is 75.8 cm³/mol. The summed E-state index contributed by atoms with van der Waals surface area (Å²) < 4.78 is 0. The van der Waals surface area contributed by atoms with E-state index < -0.39 is 0 Å². The van der Waals surface area contributed by atoms with Gasteiger partial charge in [0, 0.05) is 12.1 Å². The van der Waals surface area contributed by atoms with Crippen LogP contribution < -0.4 is 5.32 Å². The van der Waals surface area contributed by atoms with Crippen molar-refractivity contribution in [1.82, 2.24) is 5.32 Å². The van der Waals surface area contributed by atoms with Crippen molar-refractivity contribution in [2.45, 2.75) is 51.1 Å². The van der Waals surface area contributed by atoms with Gasteiger partial charge in [0.05, 0.1) is 0 Å². The molecule has 2 unspecified atom stereocenters. The van der Waals surface area contributed by atoms with Crippen molar-refractivity contribution < 1.29 is 5.11 Å². The fourth-order valence-electron chi connectivity index (χ4n) is 2.48. The average Bonchev–Trinajstić information content (AvgIpc) is 2.39. The molecule has 98 valence electrons. The molecule has 0 spiro atoms. The number of aryl methyl sites for hydroxylation is 1. The van der Waals surface area contributed by atoms with E-state index in [4.69, 9.17) is 0 Å². The van der Waals surface area contributed by atoms with E-state index in [-0.39, 0.29) is 0 Å². The summed E-state index contributed by atoms with van der Waals surface area (Å²) in [6, 6.07) is 8.75. The van der Waals surface area contributed by atoms with Crippen molar-refractivity contribution >= 4 is 0 Å². The van der Waals surface area contributed by atoms with E-state index in [1.165, 1.54) is 24.8 Å². The van der Waals surface area contributed by atoms with Crippen LogP contribution in [0, 0.1) is 0 Å². The highest BCUT2D eigenvalue weighted by atomic mass is 16.3. The van der Waals surface area contributed by atoms with Crippen molar-refractivity contribution in [3.63, 3.8) is 0 Å². The molecule has 0 saturated carbocycles. The van der Waals surface area contributed by atoms with Crippen LogP contribution in [0.2, 0.25) is 0 Å². The molecule has 1 aromatic carbocycles. The van der Waals surface area contributed by atoms with E-state index in [2.05, 4.69) is 24.4 Å². The molecule has 2 atom stereocenters. The fourth-order valence-corrected chi connectivity index (χ4v) is 2.48. The molecule has 0 fully saturated rings. The quantitative estimate of drug-likeness (QED) is 0.779. The van der Waals surface area contributed by atoms with E-state index in [1.54, 1.807) is 12.1 Å². The molecule has 0 heterocycles. The Morgan fingerprint density at radius 1 is 1.28 bits per heavy atom. The third-order valence-corrected chi connectivity index (χ3v) is 3.59. The maximum atomic E-state index is 9.23. The molecule has 0 amide bonds. The van der Waals surface area contributed by atoms with Crippen LogP contribution >= 0.6 is 0 Å². The van der Waals surface area contributed by atoms with Crippen LogP contribution in [-0.4, -0.2) is 17.2 Å². The van der Waals surface area contributed by atoms with Crippen molar-refractivity contribution in [1.29, 1.82) is 0 Å². The van der Waals surface area contributed by atoms with Gasteiger partial charge in [0.1, 0.15) is 5.75 Å². The van der Waals surface area contributed by atoms with Gasteiger partial charge in [-0.25, -0.2) is 0 Å². The first-order valence-corrected chi connectivity index (χ1v) is 6.93. The number of allylic oxidation sites excluding steroid dienone is 1. The Kier molecular flexibility index (Phi) is 4.82. The molecule has 2 N–H and O–H groups in total. The number of rotatable bonds is 5. The summed E-state index contributed by atoms with van der Waals surface area (Å²) in [7, 11) is 0. The second-order valence-electron chi connectivity index (χ2n) is 5.25. The van der Waals surface area contributed by atoms with Crippen LogP contribution in [0.25, 0.3) is 0 Å². The molecular weight excluding hydrogens is 222 g/mol. The molecule has 2 heteroatoms. The lowest BCUT2D eigenvalue weighted by molar-refractivity contribution is 0.404. The van der Waals surface area contributed by atoms with Gasteiger partial charge in [-0.1, -0.05) is 24.3 Å². The van der Waals surface area contributed by atoms with Crippen LogP contribution in [0.1, 0.15) is 38.2 Å². The number of benzene rings is 1. The summed E-state index contributed by atoms with van der Waals surface area (Å²) in [6.45, 7) is 2.26. The second kappa shape index (κ2) is 6.60. The number of hydrogen-bond acceptors (Lipinski definition) is 2. The Hall–Kier alpha value is -1.28. The first kappa shape index (κ1) is 13.2. The summed E-state index contributed by atoms with van der Waals surface area (Å²) in [5.74, 6) is 0.346. The van der Waals surface area contributed by atoms with Crippen LogP contribution in [-0.2, 0) is 6.42 Å². The van der Waals surface area contributed by atoms with Gasteiger partial charge >= 0.3 is 0 Å². The zero-order chi connectivity index (χ0) is 12.8. The Balaban J connectivity index is 1.72. The molecule has 18 heavy (non-hydrogen) atoms. The number of phenolic OH excluding ortho intramolecular Hbond substituents is 1. The van der Waals surface area contributed by atoms with Gasteiger partial charge in [0.25, 0.3) is 0 Å². The van der Waals surface area contributed by atoms with Crippen molar-refractivity contribution in [3.8, 4) is 5.75 Å². The molecular formula is C16H23NO. The van der Waals surface area contributed by atoms with Gasteiger partial charge in [0.2, 0.25) is 0 Å². The number of nitrogens with one attached hydrogen (secondary N) is 1. The van der Waals surface area contributed by atoms with E-state index in [9.17, 15) is 5.11 Å². The molecule has 0 aliphatic heterocycles. The molecule has 2 nitrogen and oxygen atoms in total. The lowest BCUT2D eigenvalue weighted by Crippen LogP contribution is -2.37. The van der Waals surface area contributed by atoms with Gasteiger partial charge in [0.15, 0.2) is 0 Å². The van der Waals surface area contributed by atoms with E-state index in [1.807, 2.05) is 12.1 Å². The molecule has 1 aliphatic carbocycles. The van der Waals surface area contributed by atoms with Crippen molar-refractivity contribution in [2.75, 3.05) is 0 Å². The zero-order valence-electron chi connectivity index (χ0n) is 11.1. The largest absolute Gasteiger partial charge is 0.508 e. The Bertz CT molecular complexity index is 383. The highest BCUT2D eigenvalue weighted by molar-refractivity contribution is 5.25. The topological polar surface area (TPSA) is 32.3 Å². The third-order valence-electron chi connectivity index (χ3n) is 3.59. The standard InChI is InChI=1S/C16H23NO/c1-13(17-15-5-3-2-4-6-15)7-8-14-9-11-16(18)12-10-14/h2-3,9-13,15,17-18H,4-8H2,1H3. The van der Waals surface area contributed by atoms with Gasteiger partial charge in [-0.15, -0.1) is 0 Å². The SMILES string of the molecule is CC(CCc1ccc(O)cc1)NC1CC=CCC1. The molecule has 0 aromatic heterocycles. The maximum Gasteiger partial charge on any atom is 0.115 e. The summed E-state index contributed by atoms with van der Waals surface area (Å²) in [5, 5.41) is 12.9. The number of aromatic hydroxyl groups is 1. The number of hydrogen-bond donors (Lipinski definition) is 2. The lowest BCUT2D eigenvalue weighted by atomic mass is 9.99. The molecule has 0 saturated heterocycles. The highest BCUT2D eigenvalue weighted by Gasteiger charge is 2.12. The molecule has 1 aromatic rings. The Morgan fingerprint density at radius 2 is 2.06 bits per heavy atom. The summed E-state index contributed by atoms with van der Waals surface area (Å²) >= 11 is 0. The van der Waals surface area contributed by atoms with Crippen molar-refractivity contribution in [3.05, 3.63) is 42.0 Å². The molecule has 2 rings (SSSR count). The van der Waals surface area contributed by atoms with Crippen LogP contribution in [0.15, 0.2) is 36.4 Å². The maximum absolute atomic E-state index is 9.23. The van der Waals surface area contributed by atoms with Gasteiger partial charge in [-0.2, -0.15) is 0 Å².